The van der Waals surface area contributed by atoms with Crippen LogP contribution in [0, 0.1) is 0 Å². The minimum Gasteiger partial charge on any atom is -0.496 e. The SMILES string of the molecule is COc1cccc(N(C)C(C)(C)CO)c1[C@H](C)O. The Labute approximate surface area is 109 Å². The zero-order chi connectivity index (χ0) is 13.9. The first-order valence-electron chi connectivity index (χ1n) is 6.04. The van der Waals surface area contributed by atoms with Gasteiger partial charge in [0.25, 0.3) is 0 Å². The maximum Gasteiger partial charge on any atom is 0.126 e. The highest BCUT2D eigenvalue weighted by Gasteiger charge is 2.26. The number of methoxy groups -OCH3 is 1. The summed E-state index contributed by atoms with van der Waals surface area (Å²) in [6, 6.07) is 5.62. The fourth-order valence-corrected chi connectivity index (χ4v) is 1.85. The molecule has 0 amide bonds. The van der Waals surface area contributed by atoms with Gasteiger partial charge in [-0.2, -0.15) is 0 Å². The average Bonchev–Trinajstić information content (AvgIpc) is 2.36. The van der Waals surface area contributed by atoms with E-state index in [9.17, 15) is 10.2 Å². The molecule has 2 N–H and O–H groups in total. The predicted molar refractivity (Wildman–Crippen MR) is 73.2 cm³/mol. The highest BCUT2D eigenvalue weighted by molar-refractivity contribution is 5.61. The molecule has 1 aromatic carbocycles. The average molecular weight is 253 g/mol. The van der Waals surface area contributed by atoms with Gasteiger partial charge in [0.05, 0.1) is 25.4 Å². The van der Waals surface area contributed by atoms with E-state index in [1.165, 1.54) is 0 Å². The molecule has 0 saturated carbocycles. The molecule has 0 aliphatic heterocycles. The van der Waals surface area contributed by atoms with Crippen LogP contribution in [-0.2, 0) is 0 Å². The minimum atomic E-state index is -0.631. The number of likely N-dealkylation sites (N-methyl/N-ethyl adjacent to an activating group) is 1. The van der Waals surface area contributed by atoms with Gasteiger partial charge >= 0.3 is 0 Å². The maximum absolute atomic E-state index is 9.93. The number of hydrogen-bond donors (Lipinski definition) is 2. The molecule has 0 saturated heterocycles. The zero-order valence-electron chi connectivity index (χ0n) is 11.8. The molecule has 0 aromatic heterocycles. The van der Waals surface area contributed by atoms with E-state index in [1.54, 1.807) is 14.0 Å². The topological polar surface area (TPSA) is 52.9 Å². The number of anilines is 1. The summed E-state index contributed by atoms with van der Waals surface area (Å²) in [6.45, 7) is 5.62. The molecular formula is C14H23NO3. The van der Waals surface area contributed by atoms with Gasteiger partial charge in [-0.1, -0.05) is 6.07 Å². The lowest BCUT2D eigenvalue weighted by molar-refractivity contribution is 0.192. The van der Waals surface area contributed by atoms with Crippen LogP contribution >= 0.6 is 0 Å². The molecule has 0 spiro atoms. The van der Waals surface area contributed by atoms with Gasteiger partial charge in [-0.15, -0.1) is 0 Å². The van der Waals surface area contributed by atoms with Crippen molar-refractivity contribution in [1.29, 1.82) is 0 Å². The van der Waals surface area contributed by atoms with E-state index >= 15 is 0 Å². The molecule has 1 atom stereocenters. The maximum atomic E-state index is 9.93. The molecule has 0 aliphatic rings. The first-order chi connectivity index (χ1) is 8.35. The number of aliphatic hydroxyl groups excluding tert-OH is 2. The quantitative estimate of drug-likeness (QED) is 0.842. The van der Waals surface area contributed by atoms with Crippen LogP contribution in [0.5, 0.6) is 5.75 Å². The zero-order valence-corrected chi connectivity index (χ0v) is 11.8. The summed E-state index contributed by atoms with van der Waals surface area (Å²) in [6.07, 6.45) is -0.631. The summed E-state index contributed by atoms with van der Waals surface area (Å²) in [5, 5.41) is 19.4. The Balaban J connectivity index is 3.32. The van der Waals surface area contributed by atoms with Crippen LogP contribution in [0.4, 0.5) is 5.69 Å². The van der Waals surface area contributed by atoms with Gasteiger partial charge in [-0.3, -0.25) is 0 Å². The van der Waals surface area contributed by atoms with Gasteiger partial charge in [0.1, 0.15) is 5.75 Å². The molecule has 0 heterocycles. The van der Waals surface area contributed by atoms with E-state index in [-0.39, 0.29) is 6.61 Å². The lowest BCUT2D eigenvalue weighted by Crippen LogP contribution is -2.44. The number of nitrogens with zero attached hydrogens (tertiary/aromatic N) is 1. The van der Waals surface area contributed by atoms with E-state index in [4.69, 9.17) is 4.74 Å². The molecule has 0 unspecified atom stereocenters. The first-order valence-corrected chi connectivity index (χ1v) is 6.04. The summed E-state index contributed by atoms with van der Waals surface area (Å²) in [4.78, 5) is 1.96. The normalized spacial score (nSPS) is 13.3. The van der Waals surface area contributed by atoms with Crippen LogP contribution < -0.4 is 9.64 Å². The standard InChI is InChI=1S/C14H23NO3/c1-10(17)13-11(7-6-8-12(13)18-5)15(4)14(2,3)9-16/h6-8,10,16-17H,9H2,1-5H3/t10-/m0/s1. The van der Waals surface area contributed by atoms with Crippen LogP contribution in [0.3, 0.4) is 0 Å². The third-order valence-corrected chi connectivity index (χ3v) is 3.34. The van der Waals surface area contributed by atoms with Crippen molar-refractivity contribution in [3.8, 4) is 5.75 Å². The first kappa shape index (κ1) is 14.8. The molecular weight excluding hydrogens is 230 g/mol. The predicted octanol–water partition coefficient (Wildman–Crippen LogP) is 1.96. The molecule has 0 fully saturated rings. The lowest BCUT2D eigenvalue weighted by atomic mass is 9.99. The van der Waals surface area contributed by atoms with Crippen LogP contribution in [0.25, 0.3) is 0 Å². The van der Waals surface area contributed by atoms with Crippen molar-refractivity contribution in [2.45, 2.75) is 32.4 Å². The summed E-state index contributed by atoms with van der Waals surface area (Å²) in [5.41, 5.74) is 1.20. The third-order valence-electron chi connectivity index (χ3n) is 3.34. The monoisotopic (exact) mass is 253 g/mol. The van der Waals surface area contributed by atoms with Crippen LogP contribution in [0.1, 0.15) is 32.4 Å². The smallest absolute Gasteiger partial charge is 0.126 e. The van der Waals surface area contributed by atoms with Crippen molar-refractivity contribution in [2.75, 3.05) is 25.7 Å². The van der Waals surface area contributed by atoms with Crippen molar-refractivity contribution in [2.24, 2.45) is 0 Å². The fraction of sp³-hybridized carbons (Fsp3) is 0.571. The van der Waals surface area contributed by atoms with Gasteiger partial charge in [0.2, 0.25) is 0 Å². The number of benzene rings is 1. The molecule has 1 aromatic rings. The van der Waals surface area contributed by atoms with E-state index in [1.807, 2.05) is 44.0 Å². The van der Waals surface area contributed by atoms with Gasteiger partial charge < -0.3 is 19.8 Å². The summed E-state index contributed by atoms with van der Waals surface area (Å²) >= 11 is 0. The van der Waals surface area contributed by atoms with Crippen molar-refractivity contribution in [1.82, 2.24) is 0 Å². The van der Waals surface area contributed by atoms with E-state index in [0.29, 0.717) is 5.75 Å². The molecule has 0 radical (unpaired) electrons. The summed E-state index contributed by atoms with van der Waals surface area (Å²) in [5.74, 6) is 0.656. The van der Waals surface area contributed by atoms with Crippen LogP contribution in [-0.4, -0.2) is 36.5 Å². The van der Waals surface area contributed by atoms with Gasteiger partial charge in [-0.25, -0.2) is 0 Å². The van der Waals surface area contributed by atoms with Crippen LogP contribution in [0.2, 0.25) is 0 Å². The van der Waals surface area contributed by atoms with E-state index in [2.05, 4.69) is 0 Å². The third kappa shape index (κ3) is 2.76. The Morgan fingerprint density at radius 3 is 2.44 bits per heavy atom. The lowest BCUT2D eigenvalue weighted by Gasteiger charge is -2.37. The largest absolute Gasteiger partial charge is 0.496 e. The van der Waals surface area contributed by atoms with Crippen molar-refractivity contribution < 1.29 is 14.9 Å². The Morgan fingerprint density at radius 1 is 1.39 bits per heavy atom. The number of rotatable bonds is 5. The highest BCUT2D eigenvalue weighted by atomic mass is 16.5. The second kappa shape index (κ2) is 5.59. The molecule has 4 heteroatoms. The molecule has 1 rings (SSSR count). The van der Waals surface area contributed by atoms with Crippen molar-refractivity contribution in [3.05, 3.63) is 23.8 Å². The van der Waals surface area contributed by atoms with Crippen molar-refractivity contribution >= 4 is 5.69 Å². The van der Waals surface area contributed by atoms with Gasteiger partial charge in [0, 0.05) is 18.3 Å². The van der Waals surface area contributed by atoms with Gasteiger partial charge in [0.15, 0.2) is 0 Å². The fourth-order valence-electron chi connectivity index (χ4n) is 1.85. The number of ether oxygens (including phenoxy) is 1. The Kier molecular flexibility index (Phi) is 4.59. The molecule has 4 nitrogen and oxygen atoms in total. The summed E-state index contributed by atoms with van der Waals surface area (Å²) < 4.78 is 5.29. The summed E-state index contributed by atoms with van der Waals surface area (Å²) in [7, 11) is 3.49. The van der Waals surface area contributed by atoms with Gasteiger partial charge in [-0.05, 0) is 32.9 Å². The Morgan fingerprint density at radius 2 is 2.00 bits per heavy atom. The van der Waals surface area contributed by atoms with Crippen molar-refractivity contribution in [3.63, 3.8) is 0 Å². The second-order valence-corrected chi connectivity index (χ2v) is 5.10. The van der Waals surface area contributed by atoms with E-state index in [0.717, 1.165) is 11.3 Å². The van der Waals surface area contributed by atoms with Crippen LogP contribution in [0.15, 0.2) is 18.2 Å². The molecule has 18 heavy (non-hydrogen) atoms. The Hall–Kier alpha value is -1.26. The molecule has 0 bridgehead atoms. The number of hydrogen-bond acceptors (Lipinski definition) is 4. The highest BCUT2D eigenvalue weighted by Crippen LogP contribution is 2.36. The minimum absolute atomic E-state index is 0.0277. The Bertz CT molecular complexity index is 402. The molecule has 102 valence electrons. The number of aliphatic hydroxyl groups is 2. The second-order valence-electron chi connectivity index (χ2n) is 5.10. The van der Waals surface area contributed by atoms with E-state index < -0.39 is 11.6 Å². The molecule has 0 aliphatic carbocycles.